The van der Waals surface area contributed by atoms with Crippen LogP contribution in [-0.2, 0) is 4.79 Å². The zero-order chi connectivity index (χ0) is 25.2. The molecule has 0 bridgehead atoms. The van der Waals surface area contributed by atoms with Gasteiger partial charge in [0.1, 0.15) is 5.75 Å². The fourth-order valence-corrected chi connectivity index (χ4v) is 3.28. The summed E-state index contributed by atoms with van der Waals surface area (Å²) in [5.41, 5.74) is 5.22. The first-order valence-corrected chi connectivity index (χ1v) is 11.2. The van der Waals surface area contributed by atoms with Gasteiger partial charge in [-0.2, -0.15) is 5.10 Å². The molecule has 0 aliphatic rings. The number of hydrogen-bond acceptors (Lipinski definition) is 6. The lowest BCUT2D eigenvalue weighted by atomic mass is 10.1. The Bertz CT molecular complexity index is 1190. The maximum Gasteiger partial charge on any atom is 0.271 e. The molecule has 0 heterocycles. The number of ether oxygens (including phenoxy) is 3. The van der Waals surface area contributed by atoms with Crippen molar-refractivity contribution in [3.8, 4) is 17.2 Å². The van der Waals surface area contributed by atoms with Crippen LogP contribution in [0.15, 0.2) is 65.8 Å². The summed E-state index contributed by atoms with van der Waals surface area (Å²) in [5.74, 6) is 0.576. The second kappa shape index (κ2) is 12.4. The van der Waals surface area contributed by atoms with Crippen molar-refractivity contribution in [2.24, 2.45) is 5.10 Å². The Hall–Kier alpha value is -4.04. The van der Waals surface area contributed by atoms with Crippen LogP contribution in [-0.4, -0.2) is 38.4 Å². The van der Waals surface area contributed by atoms with Crippen LogP contribution in [0.4, 0.5) is 5.69 Å². The Balaban J connectivity index is 1.64. The minimum absolute atomic E-state index is 0.235. The molecule has 0 saturated carbocycles. The molecule has 2 N–H and O–H groups in total. The third-order valence-corrected chi connectivity index (χ3v) is 5.03. The van der Waals surface area contributed by atoms with Crippen LogP contribution in [0.1, 0.15) is 28.4 Å². The maximum atomic E-state index is 12.3. The Morgan fingerprint density at radius 2 is 1.74 bits per heavy atom. The molecule has 35 heavy (non-hydrogen) atoms. The number of rotatable bonds is 10. The number of aryl methyl sites for hydroxylation is 1. The van der Waals surface area contributed by atoms with Gasteiger partial charge in [-0.1, -0.05) is 29.3 Å². The van der Waals surface area contributed by atoms with E-state index < -0.39 is 0 Å². The smallest absolute Gasteiger partial charge is 0.271 e. The van der Waals surface area contributed by atoms with Crippen LogP contribution >= 0.6 is 11.6 Å². The highest BCUT2D eigenvalue weighted by atomic mass is 35.5. The number of carbonyl (C=O) groups is 2. The van der Waals surface area contributed by atoms with E-state index in [4.69, 9.17) is 25.8 Å². The van der Waals surface area contributed by atoms with Crippen LogP contribution in [0.2, 0.25) is 5.02 Å². The van der Waals surface area contributed by atoms with Crippen molar-refractivity contribution >= 4 is 35.3 Å². The number of hydrazone groups is 1. The van der Waals surface area contributed by atoms with Crippen LogP contribution in [0.25, 0.3) is 0 Å². The van der Waals surface area contributed by atoms with E-state index in [0.717, 1.165) is 5.56 Å². The number of anilines is 1. The Morgan fingerprint density at radius 1 is 1.03 bits per heavy atom. The average Bonchev–Trinajstić information content (AvgIpc) is 2.84. The molecule has 9 heteroatoms. The van der Waals surface area contributed by atoms with E-state index in [1.165, 1.54) is 6.21 Å². The Labute approximate surface area is 208 Å². The topological polar surface area (TPSA) is 98.3 Å². The normalized spacial score (nSPS) is 10.6. The van der Waals surface area contributed by atoms with Crippen LogP contribution in [0, 0.1) is 6.92 Å². The van der Waals surface area contributed by atoms with Gasteiger partial charge in [0, 0.05) is 11.3 Å². The lowest BCUT2D eigenvalue weighted by Crippen LogP contribution is -2.20. The highest BCUT2D eigenvalue weighted by molar-refractivity contribution is 6.32. The number of carbonyl (C=O) groups excluding carboxylic acids is 2. The molecule has 0 radical (unpaired) electrons. The summed E-state index contributed by atoms with van der Waals surface area (Å²) in [6, 6.07) is 17.3. The summed E-state index contributed by atoms with van der Waals surface area (Å²) >= 11 is 6.40. The number of amides is 2. The van der Waals surface area contributed by atoms with Gasteiger partial charge < -0.3 is 19.5 Å². The van der Waals surface area contributed by atoms with Crippen molar-refractivity contribution in [1.82, 2.24) is 5.43 Å². The Kier molecular flexibility index (Phi) is 9.09. The lowest BCUT2D eigenvalue weighted by molar-refractivity contribution is -0.118. The fourth-order valence-electron chi connectivity index (χ4n) is 3.01. The number of nitrogens with one attached hydrogen (secondary N) is 2. The zero-order valence-electron chi connectivity index (χ0n) is 19.6. The zero-order valence-corrected chi connectivity index (χ0v) is 20.4. The van der Waals surface area contributed by atoms with E-state index in [1.807, 2.05) is 26.0 Å². The van der Waals surface area contributed by atoms with Gasteiger partial charge in [-0.15, -0.1) is 0 Å². The van der Waals surface area contributed by atoms with Crippen molar-refractivity contribution < 1.29 is 23.8 Å². The minimum atomic E-state index is -0.363. The third kappa shape index (κ3) is 7.48. The molecule has 0 spiro atoms. The summed E-state index contributed by atoms with van der Waals surface area (Å²) in [6.45, 7) is 3.85. The van der Waals surface area contributed by atoms with Gasteiger partial charge in [-0.3, -0.25) is 9.59 Å². The van der Waals surface area contributed by atoms with Crippen molar-refractivity contribution in [1.29, 1.82) is 0 Å². The van der Waals surface area contributed by atoms with Crippen molar-refractivity contribution in [3.63, 3.8) is 0 Å². The lowest BCUT2D eigenvalue weighted by Gasteiger charge is -2.14. The average molecular weight is 496 g/mol. The van der Waals surface area contributed by atoms with Crippen molar-refractivity contribution in [2.45, 2.75) is 13.8 Å². The molecule has 3 aromatic rings. The van der Waals surface area contributed by atoms with Crippen LogP contribution in [0.3, 0.4) is 0 Å². The monoisotopic (exact) mass is 495 g/mol. The molecule has 8 nitrogen and oxygen atoms in total. The van der Waals surface area contributed by atoms with Gasteiger partial charge in [0.25, 0.3) is 11.8 Å². The molecule has 0 aromatic heterocycles. The summed E-state index contributed by atoms with van der Waals surface area (Å²) < 4.78 is 16.4. The molecule has 0 aliphatic heterocycles. The fraction of sp³-hybridized carbons (Fsp3) is 0.192. The summed E-state index contributed by atoms with van der Waals surface area (Å²) in [5, 5.41) is 6.96. The quantitative estimate of drug-likeness (QED) is 0.310. The van der Waals surface area contributed by atoms with Gasteiger partial charge in [0.2, 0.25) is 0 Å². The predicted octanol–water partition coefficient (Wildman–Crippen LogP) is 4.84. The first-order chi connectivity index (χ1) is 16.9. The van der Waals surface area contributed by atoms with Gasteiger partial charge >= 0.3 is 0 Å². The number of benzene rings is 3. The summed E-state index contributed by atoms with van der Waals surface area (Å²) in [7, 11) is 1.57. The first-order valence-electron chi connectivity index (χ1n) is 10.8. The second-order valence-electron chi connectivity index (χ2n) is 7.39. The molecule has 0 unspecified atom stereocenters. The molecule has 2 amide bonds. The second-order valence-corrected chi connectivity index (χ2v) is 7.80. The molecule has 182 valence electrons. The largest absolute Gasteiger partial charge is 0.497 e. The van der Waals surface area contributed by atoms with Gasteiger partial charge in [-0.05, 0) is 67.9 Å². The number of hydrogen-bond donors (Lipinski definition) is 2. The van der Waals surface area contributed by atoms with E-state index in [0.29, 0.717) is 34.9 Å². The molecule has 3 aromatic carbocycles. The highest BCUT2D eigenvalue weighted by Gasteiger charge is 2.14. The standard InChI is InChI=1S/C26H26ClN3O5/c1-4-34-23-14-18(15-28-30-26(32)19-7-5-17(2)6-8-19)13-22(27)25(23)35-16-24(31)29-20-9-11-21(33-3)12-10-20/h5-15H,4,16H2,1-3H3,(H,29,31)(H,30,32)/b28-15+. The van der Waals surface area contributed by atoms with Crippen LogP contribution < -0.4 is 25.0 Å². The molecular formula is C26H26ClN3O5. The number of nitrogens with zero attached hydrogens (tertiary/aromatic N) is 1. The molecule has 0 fully saturated rings. The van der Waals surface area contributed by atoms with Gasteiger partial charge in [0.05, 0.1) is 25.0 Å². The number of methoxy groups -OCH3 is 1. The molecule has 3 rings (SSSR count). The molecular weight excluding hydrogens is 470 g/mol. The van der Waals surface area contributed by atoms with Crippen LogP contribution in [0.5, 0.6) is 17.2 Å². The SMILES string of the molecule is CCOc1cc(/C=N/NC(=O)c2ccc(C)cc2)cc(Cl)c1OCC(=O)Nc1ccc(OC)cc1. The van der Waals surface area contributed by atoms with E-state index in [1.54, 1.807) is 55.6 Å². The Morgan fingerprint density at radius 3 is 2.40 bits per heavy atom. The molecule has 0 atom stereocenters. The first kappa shape index (κ1) is 25.6. The number of halogens is 1. The van der Waals surface area contributed by atoms with E-state index in [9.17, 15) is 9.59 Å². The molecule has 0 saturated heterocycles. The van der Waals surface area contributed by atoms with Crippen molar-refractivity contribution in [3.05, 3.63) is 82.4 Å². The van der Waals surface area contributed by atoms with E-state index >= 15 is 0 Å². The van der Waals surface area contributed by atoms with E-state index in [2.05, 4.69) is 15.8 Å². The van der Waals surface area contributed by atoms with Gasteiger partial charge in [-0.25, -0.2) is 5.43 Å². The van der Waals surface area contributed by atoms with E-state index in [-0.39, 0.29) is 29.2 Å². The highest BCUT2D eigenvalue weighted by Crippen LogP contribution is 2.36. The molecule has 0 aliphatic carbocycles. The maximum absolute atomic E-state index is 12.3. The van der Waals surface area contributed by atoms with Gasteiger partial charge in [0.15, 0.2) is 18.1 Å². The predicted molar refractivity (Wildman–Crippen MR) is 136 cm³/mol. The summed E-state index contributed by atoms with van der Waals surface area (Å²) in [6.07, 6.45) is 1.45. The third-order valence-electron chi connectivity index (χ3n) is 4.75. The summed E-state index contributed by atoms with van der Waals surface area (Å²) in [4.78, 5) is 24.5. The van der Waals surface area contributed by atoms with Crippen molar-refractivity contribution in [2.75, 3.05) is 25.6 Å². The minimum Gasteiger partial charge on any atom is -0.497 e.